The summed E-state index contributed by atoms with van der Waals surface area (Å²) in [5, 5.41) is 3.41. The van der Waals surface area contributed by atoms with E-state index in [2.05, 4.69) is 22.2 Å². The molecule has 2 aromatic rings. The maximum atomic E-state index is 12.2. The minimum absolute atomic E-state index is 0.0244. The molecule has 2 unspecified atom stereocenters. The third-order valence-electron chi connectivity index (χ3n) is 3.68. The normalized spacial score (nSPS) is 21.6. The van der Waals surface area contributed by atoms with Crippen LogP contribution in [0.5, 0.6) is 0 Å². The number of H-pyrrole nitrogens is 1. The van der Waals surface area contributed by atoms with E-state index in [1.165, 1.54) is 0 Å². The number of nitrogens with one attached hydrogen (secondary N) is 2. The first kappa shape index (κ1) is 13.3. The molecule has 20 heavy (non-hydrogen) atoms. The molecule has 0 spiro atoms. The topological polar surface area (TPSA) is 74.8 Å². The Bertz CT molecular complexity index is 695. The second kappa shape index (κ2) is 5.03. The van der Waals surface area contributed by atoms with Gasteiger partial charge in [-0.1, -0.05) is 25.1 Å². The van der Waals surface area contributed by atoms with Crippen LogP contribution in [0.15, 0.2) is 41.6 Å². The highest BCUT2D eigenvalue weighted by atomic mass is 32.2. The molecule has 0 radical (unpaired) electrons. The molecule has 0 fully saturated rings. The van der Waals surface area contributed by atoms with E-state index < -0.39 is 9.84 Å². The van der Waals surface area contributed by atoms with Crippen LogP contribution in [0.1, 0.15) is 36.8 Å². The van der Waals surface area contributed by atoms with Crippen LogP contribution in [-0.2, 0) is 9.84 Å². The first-order chi connectivity index (χ1) is 9.62. The van der Waals surface area contributed by atoms with Gasteiger partial charge < -0.3 is 4.98 Å². The second-order valence-electron chi connectivity index (χ2n) is 4.97. The maximum Gasteiger partial charge on any atom is 0.180 e. The summed E-state index contributed by atoms with van der Waals surface area (Å²) in [4.78, 5) is 7.79. The Morgan fingerprint density at radius 3 is 2.95 bits per heavy atom. The predicted molar refractivity (Wildman–Crippen MR) is 76.0 cm³/mol. The summed E-state index contributed by atoms with van der Waals surface area (Å²) in [7, 11) is -3.17. The van der Waals surface area contributed by atoms with Gasteiger partial charge in [-0.3, -0.25) is 5.32 Å². The third-order valence-corrected chi connectivity index (χ3v) is 5.49. The molecule has 1 aromatic carbocycles. The van der Waals surface area contributed by atoms with Crippen LogP contribution in [0.3, 0.4) is 0 Å². The number of nitrogens with zero attached hydrogens (tertiary/aromatic N) is 1. The fourth-order valence-electron chi connectivity index (χ4n) is 2.69. The molecule has 0 saturated heterocycles. The van der Waals surface area contributed by atoms with Crippen LogP contribution in [0.4, 0.5) is 0 Å². The quantitative estimate of drug-likeness (QED) is 0.903. The van der Waals surface area contributed by atoms with Crippen LogP contribution in [0, 0.1) is 0 Å². The molecule has 0 amide bonds. The van der Waals surface area contributed by atoms with E-state index >= 15 is 0 Å². The zero-order chi connectivity index (χ0) is 14.2. The van der Waals surface area contributed by atoms with Crippen molar-refractivity contribution in [2.45, 2.75) is 30.3 Å². The third kappa shape index (κ3) is 2.25. The zero-order valence-corrected chi connectivity index (χ0v) is 12.0. The Labute approximate surface area is 118 Å². The van der Waals surface area contributed by atoms with Gasteiger partial charge in [0.15, 0.2) is 9.84 Å². The Morgan fingerprint density at radius 2 is 2.25 bits per heavy atom. The van der Waals surface area contributed by atoms with E-state index in [0.717, 1.165) is 17.8 Å². The van der Waals surface area contributed by atoms with Crippen molar-refractivity contribution in [3.8, 4) is 0 Å². The highest BCUT2D eigenvalue weighted by molar-refractivity contribution is 7.91. The van der Waals surface area contributed by atoms with Gasteiger partial charge in [0.1, 0.15) is 5.82 Å². The molecule has 0 saturated carbocycles. The van der Waals surface area contributed by atoms with E-state index in [1.54, 1.807) is 24.5 Å². The van der Waals surface area contributed by atoms with Crippen LogP contribution >= 0.6 is 0 Å². The molecule has 2 atom stereocenters. The van der Waals surface area contributed by atoms with Gasteiger partial charge in [0.05, 0.1) is 16.7 Å². The van der Waals surface area contributed by atoms with E-state index in [0.29, 0.717) is 4.90 Å². The lowest BCUT2D eigenvalue weighted by molar-refractivity contribution is 0.444. The van der Waals surface area contributed by atoms with Crippen molar-refractivity contribution in [3.63, 3.8) is 0 Å². The highest BCUT2D eigenvalue weighted by Gasteiger charge is 2.35. The molecular weight excluding hydrogens is 274 g/mol. The molecule has 106 valence electrons. The summed E-state index contributed by atoms with van der Waals surface area (Å²) < 4.78 is 24.3. The monoisotopic (exact) mass is 291 g/mol. The number of imidazole rings is 1. The fraction of sp³-hybridized carbons (Fsp3) is 0.357. The number of hydrogen-bond acceptors (Lipinski definition) is 4. The predicted octanol–water partition coefficient (Wildman–Crippen LogP) is 1.98. The van der Waals surface area contributed by atoms with Gasteiger partial charge in [-0.05, 0) is 18.1 Å². The summed E-state index contributed by atoms with van der Waals surface area (Å²) >= 11 is 0. The van der Waals surface area contributed by atoms with Crippen LogP contribution < -0.4 is 5.32 Å². The Morgan fingerprint density at radius 1 is 1.45 bits per heavy atom. The summed E-state index contributed by atoms with van der Waals surface area (Å²) in [5.41, 5.74) is 0.859. The van der Waals surface area contributed by atoms with Crippen molar-refractivity contribution in [1.82, 2.24) is 15.3 Å². The summed E-state index contributed by atoms with van der Waals surface area (Å²) in [6, 6.07) is 7.06. The Hall–Kier alpha value is -1.66. The molecule has 2 heterocycles. The minimum atomic E-state index is -3.17. The standard InChI is InChI=1S/C14H17N3O2S/c1-2-11(14-15-7-8-16-14)17-12-9-20(18,19)13-6-4-3-5-10(12)13/h3-8,11-12,17H,2,9H2,1H3,(H,15,16). The molecule has 1 aliphatic rings. The molecule has 6 heteroatoms. The number of aromatic nitrogens is 2. The molecule has 1 aromatic heterocycles. The molecule has 0 bridgehead atoms. The summed E-state index contributed by atoms with van der Waals surface area (Å²) in [6.45, 7) is 2.05. The van der Waals surface area contributed by atoms with E-state index in [9.17, 15) is 8.42 Å². The van der Waals surface area contributed by atoms with Crippen molar-refractivity contribution in [3.05, 3.63) is 48.0 Å². The van der Waals surface area contributed by atoms with E-state index in [4.69, 9.17) is 0 Å². The van der Waals surface area contributed by atoms with Crippen molar-refractivity contribution in [2.24, 2.45) is 0 Å². The number of benzene rings is 1. The first-order valence-electron chi connectivity index (χ1n) is 6.69. The highest BCUT2D eigenvalue weighted by Crippen LogP contribution is 2.34. The number of aromatic amines is 1. The molecule has 5 nitrogen and oxygen atoms in total. The lowest BCUT2D eigenvalue weighted by atomic mass is 10.1. The maximum absolute atomic E-state index is 12.2. The van der Waals surface area contributed by atoms with Gasteiger partial charge in [-0.15, -0.1) is 0 Å². The molecule has 3 rings (SSSR count). The van der Waals surface area contributed by atoms with Crippen LogP contribution in [0.25, 0.3) is 0 Å². The summed E-state index contributed by atoms with van der Waals surface area (Å²) in [5.74, 6) is 0.957. The lowest BCUT2D eigenvalue weighted by Crippen LogP contribution is -2.28. The Kier molecular flexibility index (Phi) is 3.35. The van der Waals surface area contributed by atoms with Gasteiger partial charge in [0.2, 0.25) is 0 Å². The number of hydrogen-bond donors (Lipinski definition) is 2. The lowest BCUT2D eigenvalue weighted by Gasteiger charge is -2.20. The van der Waals surface area contributed by atoms with Gasteiger partial charge in [0.25, 0.3) is 0 Å². The number of rotatable bonds is 4. The van der Waals surface area contributed by atoms with Gasteiger partial charge >= 0.3 is 0 Å². The largest absolute Gasteiger partial charge is 0.347 e. The van der Waals surface area contributed by atoms with Crippen LogP contribution in [-0.4, -0.2) is 24.1 Å². The minimum Gasteiger partial charge on any atom is -0.347 e. The van der Waals surface area contributed by atoms with E-state index in [1.807, 2.05) is 12.1 Å². The average Bonchev–Trinajstić information content (AvgIpc) is 3.04. The first-order valence-corrected chi connectivity index (χ1v) is 8.34. The number of fused-ring (bicyclic) bond motifs is 1. The average molecular weight is 291 g/mol. The SMILES string of the molecule is CCC(NC1CS(=O)(=O)c2ccccc21)c1ncc[nH]1. The van der Waals surface area contributed by atoms with Gasteiger partial charge in [-0.25, -0.2) is 13.4 Å². The molecule has 1 aliphatic heterocycles. The van der Waals surface area contributed by atoms with Crippen LogP contribution in [0.2, 0.25) is 0 Å². The van der Waals surface area contributed by atoms with Crippen molar-refractivity contribution < 1.29 is 8.42 Å². The molecular formula is C14H17N3O2S. The van der Waals surface area contributed by atoms with E-state index in [-0.39, 0.29) is 17.8 Å². The van der Waals surface area contributed by atoms with Gasteiger partial charge in [-0.2, -0.15) is 0 Å². The number of sulfone groups is 1. The zero-order valence-electron chi connectivity index (χ0n) is 11.2. The molecule has 2 N–H and O–H groups in total. The van der Waals surface area contributed by atoms with Crippen molar-refractivity contribution in [1.29, 1.82) is 0 Å². The summed E-state index contributed by atoms with van der Waals surface area (Å²) in [6.07, 6.45) is 4.32. The smallest absolute Gasteiger partial charge is 0.180 e. The van der Waals surface area contributed by atoms with Crippen molar-refractivity contribution in [2.75, 3.05) is 5.75 Å². The Balaban J connectivity index is 1.90. The molecule has 0 aliphatic carbocycles. The fourth-order valence-corrected chi connectivity index (χ4v) is 4.44. The second-order valence-corrected chi connectivity index (χ2v) is 6.98. The van der Waals surface area contributed by atoms with Crippen molar-refractivity contribution >= 4 is 9.84 Å². The van der Waals surface area contributed by atoms with Gasteiger partial charge in [0, 0.05) is 18.4 Å².